The van der Waals surface area contributed by atoms with Crippen LogP contribution < -0.4 is 10.6 Å². The highest BCUT2D eigenvalue weighted by molar-refractivity contribution is 5.58. The summed E-state index contributed by atoms with van der Waals surface area (Å²) < 4.78 is 0. The summed E-state index contributed by atoms with van der Waals surface area (Å²) in [4.78, 5) is 2.54. The van der Waals surface area contributed by atoms with Crippen molar-refractivity contribution < 1.29 is 5.11 Å². The minimum Gasteiger partial charge on any atom is -0.393 e. The molecule has 2 heterocycles. The number of nitrogens with two attached hydrogens (primary N) is 1. The van der Waals surface area contributed by atoms with Gasteiger partial charge in [-0.15, -0.1) is 0 Å². The molecule has 3 N–H and O–H groups in total. The second-order valence-electron chi connectivity index (χ2n) is 5.99. The zero-order chi connectivity index (χ0) is 13.4. The molecule has 0 radical (unpaired) electrons. The first-order valence-corrected chi connectivity index (χ1v) is 7.51. The summed E-state index contributed by atoms with van der Waals surface area (Å²) in [5.74, 6) is 0. The maximum atomic E-state index is 9.93. The number of anilines is 1. The molecule has 2 bridgehead atoms. The van der Waals surface area contributed by atoms with Crippen molar-refractivity contribution in [2.45, 2.75) is 63.3 Å². The normalized spacial score (nSPS) is 31.5. The van der Waals surface area contributed by atoms with Gasteiger partial charge >= 0.3 is 0 Å². The van der Waals surface area contributed by atoms with E-state index in [1.54, 1.807) is 0 Å². The molecular weight excluding hydrogens is 236 g/mol. The summed E-state index contributed by atoms with van der Waals surface area (Å²) in [6.45, 7) is 2.13. The fourth-order valence-corrected chi connectivity index (χ4v) is 3.80. The van der Waals surface area contributed by atoms with Gasteiger partial charge in [0, 0.05) is 23.8 Å². The second-order valence-corrected chi connectivity index (χ2v) is 5.99. The lowest BCUT2D eigenvalue weighted by atomic mass is 9.95. The van der Waals surface area contributed by atoms with Gasteiger partial charge in [-0.2, -0.15) is 0 Å². The first-order valence-electron chi connectivity index (χ1n) is 7.51. The molecule has 3 rings (SSSR count). The number of para-hydroxylation sites is 1. The Kier molecular flexibility index (Phi) is 3.50. The summed E-state index contributed by atoms with van der Waals surface area (Å²) in [5, 5.41) is 9.93. The molecule has 19 heavy (non-hydrogen) atoms. The maximum absolute atomic E-state index is 9.93. The predicted octanol–water partition coefficient (Wildman–Crippen LogP) is 2.59. The highest BCUT2D eigenvalue weighted by Crippen LogP contribution is 2.41. The fourth-order valence-electron chi connectivity index (χ4n) is 3.80. The monoisotopic (exact) mass is 260 g/mol. The number of fused-ring (bicyclic) bond motifs is 2. The van der Waals surface area contributed by atoms with Crippen LogP contribution in [0.5, 0.6) is 0 Å². The van der Waals surface area contributed by atoms with Gasteiger partial charge < -0.3 is 15.7 Å². The van der Waals surface area contributed by atoms with Gasteiger partial charge in [0.1, 0.15) is 0 Å². The van der Waals surface area contributed by atoms with Gasteiger partial charge in [0.15, 0.2) is 0 Å². The highest BCUT2D eigenvalue weighted by atomic mass is 16.3. The Balaban J connectivity index is 1.95. The predicted molar refractivity (Wildman–Crippen MR) is 78.2 cm³/mol. The molecule has 1 aromatic rings. The van der Waals surface area contributed by atoms with Crippen molar-refractivity contribution in [3.63, 3.8) is 0 Å². The molecule has 2 unspecified atom stereocenters. The van der Waals surface area contributed by atoms with Gasteiger partial charge in [-0.1, -0.05) is 25.1 Å². The molecule has 2 aliphatic rings. The number of aliphatic hydroxyl groups excluding tert-OH is 1. The first kappa shape index (κ1) is 12.9. The van der Waals surface area contributed by atoms with Crippen LogP contribution in [0.1, 0.15) is 50.6 Å². The number of benzene rings is 1. The number of piperidine rings is 1. The van der Waals surface area contributed by atoms with Gasteiger partial charge in [0.25, 0.3) is 0 Å². The van der Waals surface area contributed by atoms with E-state index in [1.807, 2.05) is 0 Å². The van der Waals surface area contributed by atoms with E-state index >= 15 is 0 Å². The van der Waals surface area contributed by atoms with E-state index in [0.717, 1.165) is 19.3 Å². The molecule has 0 amide bonds. The molecule has 0 aliphatic carbocycles. The molecule has 1 aromatic carbocycles. The van der Waals surface area contributed by atoms with E-state index in [2.05, 4.69) is 36.1 Å². The van der Waals surface area contributed by atoms with E-state index in [4.69, 9.17) is 5.73 Å². The summed E-state index contributed by atoms with van der Waals surface area (Å²) in [6, 6.07) is 9.66. The summed E-state index contributed by atoms with van der Waals surface area (Å²) in [6.07, 6.45) is 5.08. The first-order chi connectivity index (χ1) is 9.20. The zero-order valence-corrected chi connectivity index (χ0v) is 11.6. The van der Waals surface area contributed by atoms with Crippen LogP contribution in [-0.4, -0.2) is 23.3 Å². The van der Waals surface area contributed by atoms with E-state index in [1.165, 1.54) is 24.1 Å². The van der Waals surface area contributed by atoms with Crippen molar-refractivity contribution in [1.82, 2.24) is 0 Å². The largest absolute Gasteiger partial charge is 0.393 e. The molecule has 2 saturated heterocycles. The Labute approximate surface area is 115 Å². The number of nitrogens with zero attached hydrogens (tertiary/aromatic N) is 1. The molecule has 0 saturated carbocycles. The fraction of sp³-hybridized carbons (Fsp3) is 0.625. The molecule has 0 spiro atoms. The van der Waals surface area contributed by atoms with Gasteiger partial charge in [0.2, 0.25) is 0 Å². The smallest absolute Gasteiger partial charge is 0.0579 e. The minimum absolute atomic E-state index is 0.110. The Morgan fingerprint density at radius 3 is 2.53 bits per heavy atom. The van der Waals surface area contributed by atoms with E-state index in [9.17, 15) is 5.11 Å². The molecular formula is C16H24N2O. The minimum atomic E-state index is -0.110. The maximum Gasteiger partial charge on any atom is 0.0579 e. The van der Waals surface area contributed by atoms with Gasteiger partial charge in [-0.3, -0.25) is 0 Å². The van der Waals surface area contributed by atoms with Crippen LogP contribution in [0, 0.1) is 0 Å². The average molecular weight is 260 g/mol. The molecule has 3 nitrogen and oxygen atoms in total. The number of aliphatic hydroxyl groups is 1. The summed E-state index contributed by atoms with van der Waals surface area (Å²) in [7, 11) is 0. The average Bonchev–Trinajstić information content (AvgIpc) is 2.70. The lowest BCUT2D eigenvalue weighted by molar-refractivity contribution is 0.126. The van der Waals surface area contributed by atoms with Crippen molar-refractivity contribution in [3.05, 3.63) is 29.8 Å². The van der Waals surface area contributed by atoms with Crippen LogP contribution >= 0.6 is 0 Å². The molecule has 3 atom stereocenters. The second kappa shape index (κ2) is 5.14. The van der Waals surface area contributed by atoms with Crippen LogP contribution in [0.25, 0.3) is 0 Å². The van der Waals surface area contributed by atoms with E-state index < -0.39 is 0 Å². The topological polar surface area (TPSA) is 49.5 Å². The molecule has 3 heteroatoms. The zero-order valence-electron chi connectivity index (χ0n) is 11.6. The van der Waals surface area contributed by atoms with Crippen molar-refractivity contribution in [2.24, 2.45) is 5.73 Å². The van der Waals surface area contributed by atoms with Crippen LogP contribution in [-0.2, 0) is 0 Å². The third-order valence-electron chi connectivity index (χ3n) is 4.76. The standard InChI is InChI=1S/C16H24N2O/c1-2-15(17)14-5-3-4-6-16(14)18-11-7-8-12(18)10-13(19)9-11/h3-6,11-13,15,19H,2,7-10,17H2,1H3/t11?,12?,13?,15-/m0/s1. The third-order valence-corrected chi connectivity index (χ3v) is 4.76. The number of rotatable bonds is 3. The van der Waals surface area contributed by atoms with E-state index in [0.29, 0.717) is 12.1 Å². The molecule has 104 valence electrons. The van der Waals surface area contributed by atoms with Crippen LogP contribution in [0.3, 0.4) is 0 Å². The Hall–Kier alpha value is -1.06. The Morgan fingerprint density at radius 1 is 1.26 bits per heavy atom. The Morgan fingerprint density at radius 2 is 1.89 bits per heavy atom. The van der Waals surface area contributed by atoms with Crippen molar-refractivity contribution in [2.75, 3.05) is 4.90 Å². The van der Waals surface area contributed by atoms with Crippen molar-refractivity contribution >= 4 is 5.69 Å². The Bertz CT molecular complexity index is 434. The highest BCUT2D eigenvalue weighted by Gasteiger charge is 2.40. The number of hydrogen-bond donors (Lipinski definition) is 2. The van der Waals surface area contributed by atoms with Gasteiger partial charge in [-0.05, 0) is 43.7 Å². The SMILES string of the molecule is CC[C@H](N)c1ccccc1N1C2CCC1CC(O)C2. The van der Waals surface area contributed by atoms with Crippen LogP contribution in [0.2, 0.25) is 0 Å². The molecule has 2 fully saturated rings. The van der Waals surface area contributed by atoms with Crippen LogP contribution in [0.15, 0.2) is 24.3 Å². The van der Waals surface area contributed by atoms with E-state index in [-0.39, 0.29) is 12.1 Å². The lowest BCUT2D eigenvalue weighted by Crippen LogP contribution is -2.45. The lowest BCUT2D eigenvalue weighted by Gasteiger charge is -2.40. The molecule has 0 aromatic heterocycles. The number of hydrogen-bond acceptors (Lipinski definition) is 3. The quantitative estimate of drug-likeness (QED) is 0.878. The van der Waals surface area contributed by atoms with Crippen molar-refractivity contribution in [1.29, 1.82) is 0 Å². The van der Waals surface area contributed by atoms with Gasteiger partial charge in [-0.25, -0.2) is 0 Å². The van der Waals surface area contributed by atoms with Gasteiger partial charge in [0.05, 0.1) is 6.10 Å². The van der Waals surface area contributed by atoms with Crippen molar-refractivity contribution in [3.8, 4) is 0 Å². The summed E-state index contributed by atoms with van der Waals surface area (Å²) >= 11 is 0. The summed E-state index contributed by atoms with van der Waals surface area (Å²) in [5.41, 5.74) is 8.83. The third kappa shape index (κ3) is 2.26. The van der Waals surface area contributed by atoms with Crippen LogP contribution in [0.4, 0.5) is 5.69 Å². The molecule has 2 aliphatic heterocycles.